The van der Waals surface area contributed by atoms with E-state index in [9.17, 15) is 0 Å². The predicted molar refractivity (Wildman–Crippen MR) is 85.4 cm³/mol. The van der Waals surface area contributed by atoms with Crippen molar-refractivity contribution >= 4 is 11.6 Å². The van der Waals surface area contributed by atoms with Crippen molar-refractivity contribution in [2.75, 3.05) is 0 Å². The predicted octanol–water partition coefficient (Wildman–Crippen LogP) is 3.87. The van der Waals surface area contributed by atoms with Gasteiger partial charge in [-0.1, -0.05) is 37.1 Å². The molecule has 0 N–H and O–H groups in total. The second kappa shape index (κ2) is 7.64. The van der Waals surface area contributed by atoms with E-state index in [1.807, 2.05) is 16.7 Å². The minimum Gasteiger partial charge on any atom is -0.314 e. The van der Waals surface area contributed by atoms with Crippen molar-refractivity contribution in [3.8, 4) is 12.1 Å². The number of hydrogen-bond donors (Lipinski definition) is 0. The third-order valence-electron chi connectivity index (χ3n) is 3.47. The molecular formula is C17H17ClN4. The van der Waals surface area contributed by atoms with Gasteiger partial charge >= 0.3 is 0 Å². The molecule has 0 atom stereocenters. The zero-order chi connectivity index (χ0) is 15.9. The van der Waals surface area contributed by atoms with Crippen LogP contribution in [-0.4, -0.2) is 9.55 Å². The van der Waals surface area contributed by atoms with Crippen molar-refractivity contribution in [2.45, 2.75) is 39.2 Å². The molecule has 22 heavy (non-hydrogen) atoms. The number of unbranched alkanes of at least 4 members (excludes halogenated alkanes) is 1. The van der Waals surface area contributed by atoms with E-state index >= 15 is 0 Å². The summed E-state index contributed by atoms with van der Waals surface area (Å²) in [4.78, 5) is 4.52. The minimum atomic E-state index is 0.221. The largest absolute Gasteiger partial charge is 0.314 e. The number of benzene rings is 1. The fourth-order valence-corrected chi connectivity index (χ4v) is 2.54. The van der Waals surface area contributed by atoms with E-state index in [1.54, 1.807) is 12.1 Å². The van der Waals surface area contributed by atoms with Gasteiger partial charge in [0.05, 0.1) is 36.4 Å². The van der Waals surface area contributed by atoms with Gasteiger partial charge in [-0.3, -0.25) is 0 Å². The molecule has 0 spiro atoms. The number of nitrogens with zero attached hydrogens (tertiary/aromatic N) is 4. The third kappa shape index (κ3) is 3.67. The van der Waals surface area contributed by atoms with Crippen LogP contribution in [0.3, 0.4) is 0 Å². The van der Waals surface area contributed by atoms with E-state index < -0.39 is 0 Å². The monoisotopic (exact) mass is 312 g/mol. The Labute approximate surface area is 135 Å². The minimum absolute atomic E-state index is 0.221. The summed E-state index contributed by atoms with van der Waals surface area (Å²) < 4.78 is 1.96. The van der Waals surface area contributed by atoms with Crippen LogP contribution in [0.5, 0.6) is 0 Å². The second-order valence-corrected chi connectivity index (χ2v) is 5.46. The summed E-state index contributed by atoms with van der Waals surface area (Å²) in [7, 11) is 0. The van der Waals surface area contributed by atoms with E-state index in [0.717, 1.165) is 30.7 Å². The van der Waals surface area contributed by atoms with Crippen LogP contribution in [-0.2, 0) is 19.4 Å². The van der Waals surface area contributed by atoms with E-state index in [-0.39, 0.29) is 6.42 Å². The van der Waals surface area contributed by atoms with Crippen molar-refractivity contribution in [3.63, 3.8) is 0 Å². The Kier molecular flexibility index (Phi) is 5.58. The lowest BCUT2D eigenvalue weighted by Crippen LogP contribution is -2.05. The molecule has 1 heterocycles. The number of hydrogen-bond acceptors (Lipinski definition) is 3. The normalized spacial score (nSPS) is 10.2. The fourth-order valence-electron chi connectivity index (χ4n) is 2.27. The maximum Gasteiger partial charge on any atom is 0.133 e. The van der Waals surface area contributed by atoms with E-state index in [1.165, 1.54) is 0 Å². The fraction of sp³-hybridized carbons (Fsp3) is 0.353. The van der Waals surface area contributed by atoms with E-state index in [0.29, 0.717) is 23.0 Å². The highest BCUT2D eigenvalue weighted by Crippen LogP contribution is 2.22. The molecule has 2 rings (SSSR count). The maximum atomic E-state index is 8.88. The lowest BCUT2D eigenvalue weighted by atomic mass is 10.1. The van der Waals surface area contributed by atoms with E-state index in [2.05, 4.69) is 24.0 Å². The van der Waals surface area contributed by atoms with Gasteiger partial charge in [0.2, 0.25) is 0 Å². The first-order chi connectivity index (χ1) is 10.7. The Bertz CT molecular complexity index is 717. The van der Waals surface area contributed by atoms with Crippen LogP contribution in [0.2, 0.25) is 5.15 Å². The summed E-state index contributed by atoms with van der Waals surface area (Å²) >= 11 is 6.39. The number of imidazole rings is 1. The van der Waals surface area contributed by atoms with Gasteiger partial charge < -0.3 is 4.57 Å². The average molecular weight is 313 g/mol. The number of aryl methyl sites for hydroxylation is 1. The van der Waals surface area contributed by atoms with Gasteiger partial charge in [-0.2, -0.15) is 10.5 Å². The van der Waals surface area contributed by atoms with Gasteiger partial charge in [0.15, 0.2) is 0 Å². The average Bonchev–Trinajstić information content (AvgIpc) is 2.83. The molecule has 0 aliphatic heterocycles. The molecule has 0 aliphatic rings. The number of nitriles is 2. The Morgan fingerprint density at radius 1 is 1.23 bits per heavy atom. The highest BCUT2D eigenvalue weighted by Gasteiger charge is 2.15. The molecular weight excluding hydrogens is 296 g/mol. The van der Waals surface area contributed by atoms with Crippen LogP contribution in [0.25, 0.3) is 0 Å². The maximum absolute atomic E-state index is 8.88. The van der Waals surface area contributed by atoms with E-state index in [4.69, 9.17) is 22.1 Å². The quantitative estimate of drug-likeness (QED) is 0.813. The molecule has 112 valence electrons. The van der Waals surface area contributed by atoms with Crippen molar-refractivity contribution in [2.24, 2.45) is 0 Å². The second-order valence-electron chi connectivity index (χ2n) is 5.10. The van der Waals surface area contributed by atoms with Crippen molar-refractivity contribution in [1.29, 1.82) is 10.5 Å². The SMILES string of the molecule is CCCCc1nc(CC#N)c(Cl)n1Cc1ccc(C#N)cc1. The van der Waals surface area contributed by atoms with Gasteiger partial charge in [-0.05, 0) is 24.1 Å². The van der Waals surface area contributed by atoms with Crippen LogP contribution < -0.4 is 0 Å². The molecule has 0 unspecified atom stereocenters. The molecule has 0 radical (unpaired) electrons. The Morgan fingerprint density at radius 3 is 2.55 bits per heavy atom. The van der Waals surface area contributed by atoms with Crippen molar-refractivity contribution in [1.82, 2.24) is 9.55 Å². The zero-order valence-electron chi connectivity index (χ0n) is 12.5. The third-order valence-corrected chi connectivity index (χ3v) is 3.90. The van der Waals surface area contributed by atoms with Crippen molar-refractivity contribution < 1.29 is 0 Å². The molecule has 0 aliphatic carbocycles. The Balaban J connectivity index is 2.30. The molecule has 0 fully saturated rings. The highest BCUT2D eigenvalue weighted by atomic mass is 35.5. The first-order valence-corrected chi connectivity index (χ1v) is 7.67. The molecule has 4 nitrogen and oxygen atoms in total. The summed E-state index contributed by atoms with van der Waals surface area (Å²) in [5.74, 6) is 0.918. The van der Waals surface area contributed by atoms with Crippen LogP contribution in [0.4, 0.5) is 0 Å². The molecule has 1 aromatic carbocycles. The number of rotatable bonds is 6. The summed E-state index contributed by atoms with van der Waals surface area (Å²) in [6, 6.07) is 11.6. The topological polar surface area (TPSA) is 65.4 Å². The van der Waals surface area contributed by atoms with Gasteiger partial charge in [-0.25, -0.2) is 4.98 Å². The Morgan fingerprint density at radius 2 is 1.95 bits per heavy atom. The lowest BCUT2D eigenvalue weighted by molar-refractivity contribution is 0.678. The van der Waals surface area contributed by atoms with Gasteiger partial charge in [0, 0.05) is 6.42 Å². The zero-order valence-corrected chi connectivity index (χ0v) is 13.3. The van der Waals surface area contributed by atoms with Crippen molar-refractivity contribution in [3.05, 3.63) is 52.1 Å². The first kappa shape index (κ1) is 16.1. The summed E-state index contributed by atoms with van der Waals surface area (Å²) in [6.07, 6.45) is 3.18. The summed E-state index contributed by atoms with van der Waals surface area (Å²) in [5, 5.41) is 18.3. The molecule has 0 bridgehead atoms. The van der Waals surface area contributed by atoms with Crippen LogP contribution in [0, 0.1) is 22.7 Å². The molecule has 1 aromatic heterocycles. The molecule has 5 heteroatoms. The van der Waals surface area contributed by atoms with Crippen LogP contribution in [0.1, 0.15) is 42.4 Å². The molecule has 2 aromatic rings. The lowest BCUT2D eigenvalue weighted by Gasteiger charge is -2.09. The summed E-state index contributed by atoms with van der Waals surface area (Å²) in [5.41, 5.74) is 2.33. The molecule has 0 amide bonds. The standard InChI is InChI=1S/C17H17ClN4/c1-2-3-4-16-21-15(9-10-19)17(18)22(16)12-14-7-5-13(11-20)6-8-14/h5-8H,2-4,9,12H2,1H3. The highest BCUT2D eigenvalue weighted by molar-refractivity contribution is 6.30. The number of aromatic nitrogens is 2. The van der Waals surface area contributed by atoms with Gasteiger partial charge in [0.1, 0.15) is 11.0 Å². The number of halogens is 1. The van der Waals surface area contributed by atoms with Crippen LogP contribution in [0.15, 0.2) is 24.3 Å². The summed E-state index contributed by atoms with van der Waals surface area (Å²) in [6.45, 7) is 2.73. The van der Waals surface area contributed by atoms with Gasteiger partial charge in [0.25, 0.3) is 0 Å². The smallest absolute Gasteiger partial charge is 0.133 e. The first-order valence-electron chi connectivity index (χ1n) is 7.29. The van der Waals surface area contributed by atoms with Gasteiger partial charge in [-0.15, -0.1) is 0 Å². The Hall–Kier alpha value is -2.30. The molecule has 0 saturated carbocycles. The van der Waals surface area contributed by atoms with Crippen LogP contribution >= 0.6 is 11.6 Å². The molecule has 0 saturated heterocycles.